The molecule has 3 amide bonds. The van der Waals surface area contributed by atoms with Crippen molar-refractivity contribution >= 4 is 28.1 Å². The second kappa shape index (κ2) is 7.10. The van der Waals surface area contributed by atoms with Crippen LogP contribution in [0.3, 0.4) is 0 Å². The fourth-order valence-corrected chi connectivity index (χ4v) is 4.22. The molecule has 2 bridgehead atoms. The maximum absolute atomic E-state index is 12.4. The van der Waals surface area contributed by atoms with E-state index in [2.05, 4.69) is 9.60 Å². The van der Waals surface area contributed by atoms with Gasteiger partial charge in [0.15, 0.2) is 5.78 Å². The molecule has 1 unspecified atom stereocenters. The zero-order valence-corrected chi connectivity index (χ0v) is 15.1. The number of likely N-dealkylation sites (tertiary alicyclic amines) is 1. The van der Waals surface area contributed by atoms with E-state index in [9.17, 15) is 22.8 Å². The number of fused-ring (bicyclic) bond motifs is 2. The van der Waals surface area contributed by atoms with Crippen LogP contribution in [0.2, 0.25) is 0 Å². The highest BCUT2D eigenvalue weighted by Gasteiger charge is 2.49. The molecule has 2 N–H and O–H groups in total. The molecule has 3 rings (SSSR count). The van der Waals surface area contributed by atoms with Gasteiger partial charge in [0, 0.05) is 6.54 Å². The van der Waals surface area contributed by atoms with Crippen LogP contribution in [0.25, 0.3) is 0 Å². The van der Waals surface area contributed by atoms with Crippen molar-refractivity contribution in [2.75, 3.05) is 26.7 Å². The Kier molecular flexibility index (Phi) is 5.19. The fraction of sp³-hybridized carbons (Fsp3) is 0.786. The Morgan fingerprint density at radius 3 is 2.62 bits per heavy atom. The molecule has 3 heterocycles. The number of amides is 3. The molecule has 3 aliphatic rings. The molecule has 0 spiro atoms. The highest BCUT2D eigenvalue weighted by atomic mass is 32.3. The fourth-order valence-electron chi connectivity index (χ4n) is 3.83. The second-order valence-electron chi connectivity index (χ2n) is 6.83. The molecular weight excluding hydrogens is 368 g/mol. The number of carbonyl (C=O) groups is 3. The molecule has 0 radical (unpaired) electrons. The number of Topliss-reactive ketones (excluding diaryl/α,β-unsaturated/α-hetero) is 1. The summed E-state index contributed by atoms with van der Waals surface area (Å²) in [5.41, 5.74) is 0. The normalized spacial score (nSPS) is 29.3. The molecule has 3 saturated heterocycles. The van der Waals surface area contributed by atoms with Gasteiger partial charge in [-0.25, -0.2) is 4.79 Å². The zero-order valence-electron chi connectivity index (χ0n) is 14.3. The summed E-state index contributed by atoms with van der Waals surface area (Å²) >= 11 is 0. The van der Waals surface area contributed by atoms with Crippen molar-refractivity contribution in [3.63, 3.8) is 0 Å². The van der Waals surface area contributed by atoms with Crippen LogP contribution in [0.4, 0.5) is 4.79 Å². The number of nitrogens with one attached hydrogen (secondary N) is 1. The highest BCUT2D eigenvalue weighted by molar-refractivity contribution is 7.80. The predicted molar refractivity (Wildman–Crippen MR) is 87.1 cm³/mol. The summed E-state index contributed by atoms with van der Waals surface area (Å²) in [6.07, 6.45) is 2.36. The first-order valence-corrected chi connectivity index (χ1v) is 9.81. The Morgan fingerprint density at radius 1 is 1.27 bits per heavy atom. The quantitative estimate of drug-likeness (QED) is 0.538. The van der Waals surface area contributed by atoms with Gasteiger partial charge in [0.2, 0.25) is 5.91 Å². The lowest BCUT2D eigenvalue weighted by atomic mass is 10.00. The summed E-state index contributed by atoms with van der Waals surface area (Å²) in [4.78, 5) is 40.1. The molecule has 0 aromatic carbocycles. The van der Waals surface area contributed by atoms with Crippen molar-refractivity contribution < 1.29 is 31.6 Å². The monoisotopic (exact) mass is 390 g/mol. The van der Waals surface area contributed by atoms with Gasteiger partial charge in [-0.15, -0.1) is 4.28 Å². The summed E-state index contributed by atoms with van der Waals surface area (Å²) in [6.45, 7) is 0.854. The summed E-state index contributed by atoms with van der Waals surface area (Å²) in [6, 6.07) is -2.35. The number of hydroxylamine groups is 2. The van der Waals surface area contributed by atoms with Gasteiger partial charge >= 0.3 is 16.4 Å². The largest absolute Gasteiger partial charge is 0.418 e. The molecule has 146 valence electrons. The first-order valence-electron chi connectivity index (χ1n) is 8.45. The van der Waals surface area contributed by atoms with Crippen molar-refractivity contribution in [3.05, 3.63) is 0 Å². The van der Waals surface area contributed by atoms with E-state index in [1.54, 1.807) is 0 Å². The molecule has 3 aliphatic heterocycles. The third kappa shape index (κ3) is 3.82. The number of urea groups is 1. The first kappa shape index (κ1) is 19.0. The van der Waals surface area contributed by atoms with Crippen LogP contribution >= 0.6 is 0 Å². The highest BCUT2D eigenvalue weighted by Crippen LogP contribution is 2.30. The van der Waals surface area contributed by atoms with Gasteiger partial charge in [0.05, 0.1) is 18.6 Å². The van der Waals surface area contributed by atoms with Crippen LogP contribution in [-0.4, -0.2) is 90.4 Å². The Balaban J connectivity index is 1.57. The predicted octanol–water partition coefficient (Wildman–Crippen LogP) is -1.23. The van der Waals surface area contributed by atoms with Gasteiger partial charge in [0.1, 0.15) is 6.04 Å². The Bertz CT molecular complexity index is 712. The van der Waals surface area contributed by atoms with Crippen LogP contribution in [0, 0.1) is 0 Å². The number of nitrogens with zero attached hydrogens (tertiary/aromatic N) is 3. The Labute approximate surface area is 151 Å². The molecule has 3 fully saturated rings. The van der Waals surface area contributed by atoms with Gasteiger partial charge in [0.25, 0.3) is 0 Å². The van der Waals surface area contributed by atoms with Gasteiger partial charge < -0.3 is 10.2 Å². The lowest BCUT2D eigenvalue weighted by molar-refractivity contribution is -0.129. The van der Waals surface area contributed by atoms with E-state index in [1.807, 2.05) is 11.9 Å². The maximum Gasteiger partial charge on any atom is 0.418 e. The van der Waals surface area contributed by atoms with E-state index in [0.29, 0.717) is 17.9 Å². The molecule has 0 saturated carbocycles. The van der Waals surface area contributed by atoms with Crippen molar-refractivity contribution in [1.29, 1.82) is 0 Å². The summed E-state index contributed by atoms with van der Waals surface area (Å²) in [7, 11) is -2.96. The average Bonchev–Trinajstić information content (AvgIpc) is 3.09. The minimum Gasteiger partial charge on any atom is -0.347 e. The minimum atomic E-state index is -4.82. The van der Waals surface area contributed by atoms with E-state index >= 15 is 0 Å². The number of carbonyl (C=O) groups excluding carboxylic acids is 3. The van der Waals surface area contributed by atoms with Gasteiger partial charge in [-0.1, -0.05) is 0 Å². The topological polar surface area (TPSA) is 137 Å². The molecule has 0 aromatic heterocycles. The van der Waals surface area contributed by atoms with Gasteiger partial charge in [-0.2, -0.15) is 13.5 Å². The maximum atomic E-state index is 12.4. The second-order valence-corrected chi connectivity index (χ2v) is 7.84. The van der Waals surface area contributed by atoms with E-state index < -0.39 is 34.4 Å². The molecule has 3 atom stereocenters. The molecule has 0 aromatic rings. The van der Waals surface area contributed by atoms with E-state index in [-0.39, 0.29) is 24.9 Å². The first-order chi connectivity index (χ1) is 12.2. The Hall–Kier alpha value is -1.76. The number of hydrogen-bond acceptors (Lipinski definition) is 7. The van der Waals surface area contributed by atoms with Crippen molar-refractivity contribution in [1.82, 2.24) is 20.2 Å². The van der Waals surface area contributed by atoms with E-state index in [4.69, 9.17) is 4.55 Å². The SMILES string of the molecule is CN1CCCC1C(=O)CNC(=O)[C@@H]1CC[C@@H]2CN1C(=O)N2OS(=O)(=O)O. The van der Waals surface area contributed by atoms with E-state index in [0.717, 1.165) is 19.4 Å². The molecule has 26 heavy (non-hydrogen) atoms. The summed E-state index contributed by atoms with van der Waals surface area (Å²) in [5, 5.41) is 3.16. The molecule has 0 aliphatic carbocycles. The summed E-state index contributed by atoms with van der Waals surface area (Å²) in [5.74, 6) is -0.532. The smallest absolute Gasteiger partial charge is 0.347 e. The molecular formula is C14H22N4O7S. The average molecular weight is 390 g/mol. The van der Waals surface area contributed by atoms with Crippen LogP contribution in [-0.2, 0) is 24.3 Å². The van der Waals surface area contributed by atoms with Crippen molar-refractivity contribution in [2.45, 2.75) is 43.8 Å². The van der Waals surface area contributed by atoms with Gasteiger partial charge in [-0.05, 0) is 39.3 Å². The molecule has 12 heteroatoms. The zero-order chi connectivity index (χ0) is 19.1. The number of ketones is 1. The lowest BCUT2D eigenvalue weighted by Gasteiger charge is -2.29. The Morgan fingerprint density at radius 2 is 2.00 bits per heavy atom. The third-order valence-electron chi connectivity index (χ3n) is 5.13. The van der Waals surface area contributed by atoms with Crippen LogP contribution in [0.1, 0.15) is 25.7 Å². The van der Waals surface area contributed by atoms with Crippen molar-refractivity contribution in [3.8, 4) is 0 Å². The summed E-state index contributed by atoms with van der Waals surface area (Å²) < 4.78 is 34.8. The number of hydrogen-bond donors (Lipinski definition) is 2. The number of rotatable bonds is 6. The minimum absolute atomic E-state index is 0.0730. The van der Waals surface area contributed by atoms with Gasteiger partial charge in [-0.3, -0.25) is 19.0 Å². The number of likely N-dealkylation sites (N-methyl/N-ethyl adjacent to an activating group) is 1. The van der Waals surface area contributed by atoms with Crippen LogP contribution < -0.4 is 5.32 Å². The van der Waals surface area contributed by atoms with Crippen LogP contribution in [0.15, 0.2) is 0 Å². The van der Waals surface area contributed by atoms with Crippen LogP contribution in [0.5, 0.6) is 0 Å². The lowest BCUT2D eigenvalue weighted by Crippen LogP contribution is -2.51. The molecule has 11 nitrogen and oxygen atoms in total. The van der Waals surface area contributed by atoms with Crippen molar-refractivity contribution in [2.24, 2.45) is 0 Å². The number of piperidine rings is 1. The standard InChI is InChI=1S/C14H22N4O7S/c1-16-6-2-3-10(16)12(19)7-15-13(20)11-5-4-9-8-17(11)14(21)18(9)25-26(22,23)24/h9-11H,2-8H2,1H3,(H,15,20)(H,22,23,24)/t9-,10?,11+/m1/s1. The van der Waals surface area contributed by atoms with E-state index in [1.165, 1.54) is 4.90 Å². The third-order valence-corrected chi connectivity index (χ3v) is 5.48.